The van der Waals surface area contributed by atoms with E-state index in [0.717, 1.165) is 29.9 Å². The molecular weight excluding hydrogens is 398 g/mol. The molecule has 1 atom stereocenters. The molecule has 0 unspecified atom stereocenters. The first-order chi connectivity index (χ1) is 14.9. The Labute approximate surface area is 179 Å². The number of methoxy groups -OCH3 is 1. The van der Waals surface area contributed by atoms with Crippen LogP contribution in [0.3, 0.4) is 0 Å². The van der Waals surface area contributed by atoms with E-state index in [1.807, 2.05) is 13.0 Å². The molecule has 1 fully saturated rings. The first kappa shape index (κ1) is 20.9. The molecule has 31 heavy (non-hydrogen) atoms. The molecule has 3 aromatic heterocycles. The Morgan fingerprint density at radius 3 is 2.74 bits per heavy atom. The normalized spacial score (nSPS) is 15.4. The highest BCUT2D eigenvalue weighted by atomic mass is 16.5. The molecule has 0 aromatic carbocycles. The first-order valence-corrected chi connectivity index (χ1v) is 10.1. The fourth-order valence-corrected chi connectivity index (χ4v) is 3.79. The van der Waals surface area contributed by atoms with Crippen LogP contribution in [0.5, 0.6) is 0 Å². The molecule has 11 heteroatoms. The number of fused-ring (bicyclic) bond motifs is 1. The predicted molar refractivity (Wildman–Crippen MR) is 117 cm³/mol. The van der Waals surface area contributed by atoms with Crippen molar-refractivity contribution in [2.24, 2.45) is 0 Å². The van der Waals surface area contributed by atoms with E-state index in [9.17, 15) is 0 Å². The van der Waals surface area contributed by atoms with Gasteiger partial charge in [0.05, 0.1) is 37.6 Å². The van der Waals surface area contributed by atoms with E-state index in [4.69, 9.17) is 31.0 Å². The van der Waals surface area contributed by atoms with Gasteiger partial charge in [0, 0.05) is 32.5 Å². The van der Waals surface area contributed by atoms with Crippen LogP contribution in [0.2, 0.25) is 0 Å². The van der Waals surface area contributed by atoms with Gasteiger partial charge in [0.15, 0.2) is 17.1 Å². The maximum absolute atomic E-state index is 8.10. The monoisotopic (exact) mass is 425 g/mol. The molecule has 1 aliphatic heterocycles. The van der Waals surface area contributed by atoms with E-state index in [1.54, 1.807) is 26.4 Å². The number of nitrogens with zero attached hydrogens (tertiary/aromatic N) is 6. The smallest absolute Gasteiger partial charge is 0.173 e. The quantitative estimate of drug-likeness (QED) is 0.412. The second-order valence-electron chi connectivity index (χ2n) is 7.56. The van der Waals surface area contributed by atoms with Crippen molar-refractivity contribution in [1.82, 2.24) is 24.1 Å². The Kier molecular flexibility index (Phi) is 5.70. The van der Waals surface area contributed by atoms with E-state index in [-0.39, 0.29) is 23.2 Å². The minimum absolute atomic E-state index is 0.0277. The molecule has 11 nitrogen and oxygen atoms in total. The lowest BCUT2D eigenvalue weighted by Gasteiger charge is -2.28. The maximum Gasteiger partial charge on any atom is 0.173 e. The third kappa shape index (κ3) is 3.89. The van der Waals surface area contributed by atoms with Gasteiger partial charge >= 0.3 is 0 Å². The van der Waals surface area contributed by atoms with Gasteiger partial charge in [-0.2, -0.15) is 0 Å². The van der Waals surface area contributed by atoms with Gasteiger partial charge in [-0.1, -0.05) is 0 Å². The summed E-state index contributed by atoms with van der Waals surface area (Å²) >= 11 is 0. The molecule has 0 aliphatic carbocycles. The maximum atomic E-state index is 8.10. The number of hydrogen-bond donors (Lipinski definition) is 3. The second-order valence-corrected chi connectivity index (χ2v) is 7.56. The van der Waals surface area contributed by atoms with Gasteiger partial charge < -0.3 is 24.7 Å². The molecule has 0 amide bonds. The zero-order valence-corrected chi connectivity index (χ0v) is 17.9. The van der Waals surface area contributed by atoms with Crippen molar-refractivity contribution < 1.29 is 9.47 Å². The molecule has 0 radical (unpaired) electrons. The van der Waals surface area contributed by atoms with Crippen LogP contribution >= 0.6 is 0 Å². The van der Waals surface area contributed by atoms with Crippen LogP contribution in [0.25, 0.3) is 22.6 Å². The van der Waals surface area contributed by atoms with E-state index in [0.29, 0.717) is 31.3 Å². The highest BCUT2D eigenvalue weighted by molar-refractivity contribution is 5.83. The van der Waals surface area contributed by atoms with Gasteiger partial charge in [-0.25, -0.2) is 15.0 Å². The van der Waals surface area contributed by atoms with Gasteiger partial charge in [-0.3, -0.25) is 15.4 Å². The van der Waals surface area contributed by atoms with Crippen molar-refractivity contribution in [3.8, 4) is 11.5 Å². The van der Waals surface area contributed by atoms with Crippen LogP contribution in [0.1, 0.15) is 19.9 Å². The van der Waals surface area contributed by atoms with Gasteiger partial charge in [0.1, 0.15) is 22.9 Å². The highest BCUT2D eigenvalue weighted by Crippen LogP contribution is 2.29. The van der Waals surface area contributed by atoms with Crippen LogP contribution in [0.15, 0.2) is 18.5 Å². The molecule has 3 aromatic rings. The Hall–Kier alpha value is -3.31. The van der Waals surface area contributed by atoms with Gasteiger partial charge in [0.2, 0.25) is 0 Å². The molecule has 1 aliphatic rings. The van der Waals surface area contributed by atoms with Crippen molar-refractivity contribution in [2.75, 3.05) is 50.7 Å². The topological polar surface area (TPSA) is 144 Å². The molecule has 1 saturated heterocycles. The molecule has 4 rings (SSSR count). The Morgan fingerprint density at radius 2 is 2.06 bits per heavy atom. The van der Waals surface area contributed by atoms with Crippen LogP contribution in [0, 0.1) is 10.8 Å². The lowest BCUT2D eigenvalue weighted by atomic mass is 10.3. The summed E-state index contributed by atoms with van der Waals surface area (Å²) in [6.45, 7) is 7.04. The SMILES string of the molecule is COC[C@H](C)n1c(-c2cn(C(C)=N)c(=N)c(N)n2)nc2cnc(N3CCOCC3)cc21. The minimum Gasteiger partial charge on any atom is -0.383 e. The average molecular weight is 425 g/mol. The van der Waals surface area contributed by atoms with Crippen molar-refractivity contribution in [3.05, 3.63) is 23.9 Å². The Bertz CT molecular complexity index is 1180. The second kappa shape index (κ2) is 8.44. The van der Waals surface area contributed by atoms with Gasteiger partial charge in [-0.05, 0) is 13.8 Å². The number of morpholine rings is 1. The number of anilines is 2. The van der Waals surface area contributed by atoms with Crippen LogP contribution in [0.4, 0.5) is 11.6 Å². The molecular formula is C20H27N9O2. The average Bonchev–Trinajstić information content (AvgIpc) is 3.15. The summed E-state index contributed by atoms with van der Waals surface area (Å²) in [6.07, 6.45) is 3.38. The fourth-order valence-electron chi connectivity index (χ4n) is 3.79. The number of hydrogen-bond acceptors (Lipinski definition) is 9. The predicted octanol–water partition coefficient (Wildman–Crippen LogP) is 1.25. The number of aromatic nitrogens is 5. The van der Waals surface area contributed by atoms with Gasteiger partial charge in [-0.15, -0.1) is 0 Å². The number of ether oxygens (including phenoxy) is 2. The molecule has 164 valence electrons. The summed E-state index contributed by atoms with van der Waals surface area (Å²) in [5, 5.41) is 16.1. The number of pyridine rings is 1. The zero-order valence-electron chi connectivity index (χ0n) is 17.9. The molecule has 4 heterocycles. The van der Waals surface area contributed by atoms with E-state index >= 15 is 0 Å². The van der Waals surface area contributed by atoms with Crippen molar-refractivity contribution in [2.45, 2.75) is 19.9 Å². The number of nitrogens with two attached hydrogens (primary N) is 1. The van der Waals surface area contributed by atoms with Crippen molar-refractivity contribution in [1.29, 1.82) is 10.8 Å². The lowest BCUT2D eigenvalue weighted by Crippen LogP contribution is -2.36. The summed E-state index contributed by atoms with van der Waals surface area (Å²) in [5.41, 5.74) is 8.07. The van der Waals surface area contributed by atoms with E-state index in [1.165, 1.54) is 4.57 Å². The first-order valence-electron chi connectivity index (χ1n) is 10.1. The Morgan fingerprint density at radius 1 is 1.32 bits per heavy atom. The van der Waals surface area contributed by atoms with Crippen molar-refractivity contribution in [3.63, 3.8) is 0 Å². The van der Waals surface area contributed by atoms with E-state index in [2.05, 4.69) is 19.4 Å². The number of nitrogen functional groups attached to an aromatic ring is 1. The van der Waals surface area contributed by atoms with Gasteiger partial charge in [0.25, 0.3) is 0 Å². The molecule has 0 spiro atoms. The highest BCUT2D eigenvalue weighted by Gasteiger charge is 2.22. The van der Waals surface area contributed by atoms with Crippen LogP contribution in [-0.2, 0) is 9.47 Å². The molecule has 0 saturated carbocycles. The Balaban J connectivity index is 1.91. The largest absolute Gasteiger partial charge is 0.383 e. The summed E-state index contributed by atoms with van der Waals surface area (Å²) in [4.78, 5) is 16.0. The summed E-state index contributed by atoms with van der Waals surface area (Å²) < 4.78 is 14.3. The third-order valence-corrected chi connectivity index (χ3v) is 5.31. The van der Waals surface area contributed by atoms with Crippen molar-refractivity contribution >= 4 is 28.5 Å². The van der Waals surface area contributed by atoms with Crippen LogP contribution in [-0.4, -0.2) is 69.9 Å². The summed E-state index contributed by atoms with van der Waals surface area (Å²) in [5.74, 6) is 1.66. The molecule has 4 N–H and O–H groups in total. The van der Waals surface area contributed by atoms with E-state index < -0.39 is 0 Å². The number of rotatable bonds is 5. The number of imidazole rings is 1. The zero-order chi connectivity index (χ0) is 22.1. The minimum atomic E-state index is -0.0434. The standard InChI is InChI=1S/C20H27N9O2/c1-12(11-30-3)29-16-8-17(27-4-6-31-7-5-27)24-9-14(16)26-20(29)15-10-28(13(2)21)19(23)18(22)25-15/h8-10,12,21,23H,4-7,11H2,1-3H3,(H2,22,25)/t12-/m0/s1. The fraction of sp³-hybridized carbons (Fsp3) is 0.450. The van der Waals surface area contributed by atoms with Crippen LogP contribution < -0.4 is 16.1 Å². The summed E-state index contributed by atoms with van der Waals surface area (Å²) in [7, 11) is 1.66. The molecule has 0 bridgehead atoms. The summed E-state index contributed by atoms with van der Waals surface area (Å²) in [6, 6.07) is 1.99. The number of nitrogens with one attached hydrogen (secondary N) is 2. The lowest BCUT2D eigenvalue weighted by molar-refractivity contribution is 0.122. The third-order valence-electron chi connectivity index (χ3n) is 5.31.